The number of H-pyrrole nitrogens is 2. The lowest BCUT2D eigenvalue weighted by atomic mass is 10.00. The molecule has 0 unspecified atom stereocenters. The lowest BCUT2D eigenvalue weighted by Crippen LogP contribution is -2.37. The lowest BCUT2D eigenvalue weighted by Gasteiger charge is -2.35. The maximum absolute atomic E-state index is 12.1. The highest BCUT2D eigenvalue weighted by Gasteiger charge is 2.29. The SMILES string of the molecule is Cc1cc2[nH]c(=O)[nH]c2c(N2CCc3c(nc(OC[C@@H]4CCCN4C)nc3N3CCCCC3)C2)c1C. The molecule has 0 saturated carbocycles. The number of anilines is 2. The summed E-state index contributed by atoms with van der Waals surface area (Å²) < 4.78 is 6.25. The summed E-state index contributed by atoms with van der Waals surface area (Å²) in [5.74, 6) is 1.07. The van der Waals surface area contributed by atoms with E-state index in [1.54, 1.807) is 0 Å². The zero-order valence-electron chi connectivity index (χ0n) is 21.7. The number of benzene rings is 1. The van der Waals surface area contributed by atoms with Gasteiger partial charge in [-0.25, -0.2) is 4.79 Å². The Morgan fingerprint density at radius 2 is 1.86 bits per heavy atom. The van der Waals surface area contributed by atoms with Gasteiger partial charge in [0.25, 0.3) is 0 Å². The molecule has 3 aliphatic rings. The summed E-state index contributed by atoms with van der Waals surface area (Å²) in [6.45, 7) is 9.60. The highest BCUT2D eigenvalue weighted by atomic mass is 16.5. The molecule has 9 heteroatoms. The average Bonchev–Trinajstić information content (AvgIpc) is 3.46. The van der Waals surface area contributed by atoms with Crippen molar-refractivity contribution in [3.63, 3.8) is 0 Å². The highest BCUT2D eigenvalue weighted by Crippen LogP contribution is 2.36. The zero-order valence-corrected chi connectivity index (χ0v) is 21.7. The first-order chi connectivity index (χ1) is 17.5. The van der Waals surface area contributed by atoms with Crippen LogP contribution in [0.5, 0.6) is 6.01 Å². The molecule has 1 atom stereocenters. The quantitative estimate of drug-likeness (QED) is 0.566. The van der Waals surface area contributed by atoms with Gasteiger partial charge < -0.3 is 29.4 Å². The van der Waals surface area contributed by atoms with E-state index in [1.807, 2.05) is 6.07 Å². The van der Waals surface area contributed by atoms with Crippen LogP contribution in [0, 0.1) is 13.8 Å². The number of aromatic amines is 2. The van der Waals surface area contributed by atoms with Crippen LogP contribution in [0.15, 0.2) is 10.9 Å². The number of ether oxygens (including phenoxy) is 1. The van der Waals surface area contributed by atoms with Gasteiger partial charge in [0.1, 0.15) is 12.4 Å². The van der Waals surface area contributed by atoms with Crippen molar-refractivity contribution in [1.82, 2.24) is 24.8 Å². The van der Waals surface area contributed by atoms with E-state index in [-0.39, 0.29) is 5.69 Å². The Kier molecular flexibility index (Phi) is 6.11. The van der Waals surface area contributed by atoms with Crippen molar-refractivity contribution < 1.29 is 4.74 Å². The van der Waals surface area contributed by atoms with Crippen molar-refractivity contribution >= 4 is 22.5 Å². The Bertz CT molecular complexity index is 1320. The van der Waals surface area contributed by atoms with Crippen LogP contribution in [-0.2, 0) is 13.0 Å². The maximum atomic E-state index is 12.1. The van der Waals surface area contributed by atoms with Gasteiger partial charge in [0, 0.05) is 31.2 Å². The Labute approximate surface area is 211 Å². The Hall–Kier alpha value is -3.07. The lowest BCUT2D eigenvalue weighted by molar-refractivity contribution is 0.187. The van der Waals surface area contributed by atoms with Crippen LogP contribution in [0.1, 0.15) is 54.5 Å². The molecule has 2 aromatic heterocycles. The van der Waals surface area contributed by atoms with E-state index in [1.165, 1.54) is 42.4 Å². The van der Waals surface area contributed by atoms with Crippen LogP contribution in [0.2, 0.25) is 0 Å². The summed E-state index contributed by atoms with van der Waals surface area (Å²) in [6.07, 6.45) is 6.94. The molecule has 6 rings (SSSR count). The third-order valence-corrected chi connectivity index (χ3v) is 8.37. The summed E-state index contributed by atoms with van der Waals surface area (Å²) in [7, 11) is 2.17. The molecule has 0 bridgehead atoms. The summed E-state index contributed by atoms with van der Waals surface area (Å²) in [5, 5.41) is 0. The summed E-state index contributed by atoms with van der Waals surface area (Å²) >= 11 is 0. The fourth-order valence-corrected chi connectivity index (χ4v) is 6.16. The number of piperidine rings is 1. The second-order valence-corrected chi connectivity index (χ2v) is 10.7. The summed E-state index contributed by atoms with van der Waals surface area (Å²) in [4.78, 5) is 35.2. The van der Waals surface area contributed by atoms with Gasteiger partial charge in [-0.3, -0.25) is 0 Å². The first-order valence-electron chi connectivity index (χ1n) is 13.4. The van der Waals surface area contributed by atoms with Crippen LogP contribution < -0.4 is 20.2 Å². The van der Waals surface area contributed by atoms with E-state index in [0.29, 0.717) is 25.2 Å². The van der Waals surface area contributed by atoms with Crippen molar-refractivity contribution in [3.8, 4) is 6.01 Å². The van der Waals surface area contributed by atoms with Crippen LogP contribution in [0.4, 0.5) is 11.5 Å². The molecule has 5 heterocycles. The van der Waals surface area contributed by atoms with Gasteiger partial charge in [-0.2, -0.15) is 9.97 Å². The number of likely N-dealkylation sites (N-methyl/N-ethyl adjacent to an activating group) is 1. The van der Waals surface area contributed by atoms with E-state index >= 15 is 0 Å². The number of hydrogen-bond acceptors (Lipinski definition) is 7. The number of nitrogens with zero attached hydrogens (tertiary/aromatic N) is 5. The van der Waals surface area contributed by atoms with E-state index in [4.69, 9.17) is 14.7 Å². The molecule has 0 radical (unpaired) electrons. The molecular weight excluding hydrogens is 454 g/mol. The largest absolute Gasteiger partial charge is 0.462 e. The minimum absolute atomic E-state index is 0.170. The first kappa shape index (κ1) is 23.3. The van der Waals surface area contributed by atoms with Gasteiger partial charge in [0.2, 0.25) is 0 Å². The molecule has 0 amide bonds. The number of rotatable bonds is 5. The Morgan fingerprint density at radius 3 is 2.64 bits per heavy atom. The van der Waals surface area contributed by atoms with Crippen LogP contribution >= 0.6 is 0 Å². The second-order valence-electron chi connectivity index (χ2n) is 10.7. The van der Waals surface area contributed by atoms with Crippen LogP contribution in [0.25, 0.3) is 11.0 Å². The number of fused-ring (bicyclic) bond motifs is 2. The topological polar surface area (TPSA) is 93.4 Å². The van der Waals surface area contributed by atoms with E-state index in [0.717, 1.165) is 67.3 Å². The molecule has 36 heavy (non-hydrogen) atoms. The van der Waals surface area contributed by atoms with Gasteiger partial charge in [0.05, 0.1) is 29.0 Å². The smallest absolute Gasteiger partial charge is 0.323 e. The number of hydrogen-bond donors (Lipinski definition) is 2. The van der Waals surface area contributed by atoms with Crippen molar-refractivity contribution in [2.24, 2.45) is 0 Å². The van der Waals surface area contributed by atoms with E-state index < -0.39 is 0 Å². The molecule has 0 spiro atoms. The van der Waals surface area contributed by atoms with Gasteiger partial charge in [-0.05, 0) is 83.2 Å². The number of aromatic nitrogens is 4. The van der Waals surface area contributed by atoms with E-state index in [9.17, 15) is 4.79 Å². The van der Waals surface area contributed by atoms with Gasteiger partial charge in [-0.1, -0.05) is 0 Å². The molecule has 192 valence electrons. The van der Waals surface area contributed by atoms with Gasteiger partial charge in [0.15, 0.2) is 0 Å². The number of imidazole rings is 1. The third-order valence-electron chi connectivity index (χ3n) is 8.37. The number of likely N-dealkylation sites (tertiary alicyclic amines) is 1. The normalized spacial score (nSPS) is 20.8. The van der Waals surface area contributed by atoms with E-state index in [2.05, 4.69) is 45.6 Å². The molecule has 2 saturated heterocycles. The third kappa shape index (κ3) is 4.23. The average molecular weight is 492 g/mol. The molecule has 0 aliphatic carbocycles. The molecule has 3 aromatic rings. The molecule has 9 nitrogen and oxygen atoms in total. The number of nitrogens with one attached hydrogen (secondary N) is 2. The summed E-state index contributed by atoms with van der Waals surface area (Å²) in [5.41, 5.74) is 7.29. The monoisotopic (exact) mass is 491 g/mol. The maximum Gasteiger partial charge on any atom is 0.323 e. The predicted molar refractivity (Wildman–Crippen MR) is 142 cm³/mol. The molecule has 3 aliphatic heterocycles. The highest BCUT2D eigenvalue weighted by molar-refractivity contribution is 5.91. The summed E-state index contributed by atoms with van der Waals surface area (Å²) in [6, 6.07) is 2.97. The minimum Gasteiger partial charge on any atom is -0.462 e. The molecule has 1 aromatic carbocycles. The van der Waals surface area contributed by atoms with Crippen molar-refractivity contribution in [3.05, 3.63) is 38.9 Å². The first-order valence-corrected chi connectivity index (χ1v) is 13.4. The van der Waals surface area contributed by atoms with Crippen molar-refractivity contribution in [1.29, 1.82) is 0 Å². The predicted octanol–water partition coefficient (Wildman–Crippen LogP) is 3.29. The van der Waals surface area contributed by atoms with Crippen LogP contribution in [0.3, 0.4) is 0 Å². The standard InChI is InChI=1S/C27H37N7O2/c1-17-14-21-23(30-26(35)28-21)24(18(17)2)34-13-9-20-22(15-34)29-27(36-16-19-8-7-10-32(19)3)31-25(20)33-11-5-4-6-12-33/h14,19H,4-13,15-16H2,1-3H3,(H2,28,30,35)/t19-/m0/s1. The zero-order chi connectivity index (χ0) is 24.8. The Morgan fingerprint density at radius 1 is 1.03 bits per heavy atom. The van der Waals surface area contributed by atoms with Crippen molar-refractivity contribution in [2.45, 2.75) is 65.0 Å². The molecule has 2 N–H and O–H groups in total. The minimum atomic E-state index is -0.170. The Balaban J connectivity index is 1.36. The van der Waals surface area contributed by atoms with Crippen molar-refractivity contribution in [2.75, 3.05) is 49.6 Å². The van der Waals surface area contributed by atoms with Gasteiger partial charge >= 0.3 is 11.7 Å². The van der Waals surface area contributed by atoms with Crippen LogP contribution in [-0.4, -0.2) is 70.7 Å². The fraction of sp³-hybridized carbons (Fsp3) is 0.593. The second kappa shape index (κ2) is 9.42. The molecular formula is C27H37N7O2. The molecule has 2 fully saturated rings. The van der Waals surface area contributed by atoms with Gasteiger partial charge in [-0.15, -0.1) is 0 Å². The fourth-order valence-electron chi connectivity index (χ4n) is 6.16. The number of aryl methyl sites for hydroxylation is 1.